The maximum Gasteiger partial charge on any atom is 0.227 e. The molecule has 3 N–H and O–H groups in total. The minimum absolute atomic E-state index is 0.0363. The predicted octanol–water partition coefficient (Wildman–Crippen LogP) is 2.70. The van der Waals surface area contributed by atoms with Crippen LogP contribution in [0.3, 0.4) is 0 Å². The molecule has 3 rings (SSSR count). The first-order chi connectivity index (χ1) is 10.2. The largest absolute Gasteiger partial charge is 0.441 e. The summed E-state index contributed by atoms with van der Waals surface area (Å²) in [7, 11) is 0. The average Bonchev–Trinajstić information content (AvgIpc) is 3.12. The van der Waals surface area contributed by atoms with Gasteiger partial charge < -0.3 is 15.5 Å². The maximum atomic E-state index is 12.4. The zero-order chi connectivity index (χ0) is 14.8. The monoisotopic (exact) mass is 287 g/mol. The number of nitrogens with one attached hydrogen (secondary N) is 1. The Morgan fingerprint density at radius 3 is 3.10 bits per heavy atom. The fourth-order valence-electron chi connectivity index (χ4n) is 3.10. The smallest absolute Gasteiger partial charge is 0.227 e. The summed E-state index contributed by atoms with van der Waals surface area (Å²) in [6, 6.07) is 5.58. The van der Waals surface area contributed by atoms with Gasteiger partial charge in [0.1, 0.15) is 5.52 Å². The molecule has 21 heavy (non-hydrogen) atoms. The highest BCUT2D eigenvalue weighted by atomic mass is 16.3. The first-order valence-corrected chi connectivity index (χ1v) is 7.61. The summed E-state index contributed by atoms with van der Waals surface area (Å²) in [4.78, 5) is 16.8. The van der Waals surface area contributed by atoms with Gasteiger partial charge in [-0.15, -0.1) is 0 Å². The third-order valence-corrected chi connectivity index (χ3v) is 4.30. The van der Waals surface area contributed by atoms with Gasteiger partial charge in [-0.1, -0.05) is 13.3 Å². The van der Waals surface area contributed by atoms with Crippen molar-refractivity contribution in [2.24, 2.45) is 17.6 Å². The summed E-state index contributed by atoms with van der Waals surface area (Å²) in [5.41, 5.74) is 8.05. The second-order valence-corrected chi connectivity index (χ2v) is 5.67. The van der Waals surface area contributed by atoms with E-state index < -0.39 is 0 Å². The van der Waals surface area contributed by atoms with E-state index >= 15 is 0 Å². The SMILES string of the molecule is CCc1nc2cc(NC(=O)[C@@H]3CCC[C@@H]3CN)ccc2o1. The molecule has 1 aliphatic carbocycles. The number of carbonyl (C=O) groups excluding carboxylic acids is 1. The lowest BCUT2D eigenvalue weighted by Gasteiger charge is -2.17. The summed E-state index contributed by atoms with van der Waals surface area (Å²) in [6.07, 6.45) is 3.83. The van der Waals surface area contributed by atoms with E-state index in [9.17, 15) is 4.79 Å². The Balaban J connectivity index is 1.76. The minimum Gasteiger partial charge on any atom is -0.441 e. The maximum absolute atomic E-state index is 12.4. The number of rotatable bonds is 4. The van der Waals surface area contributed by atoms with Crippen LogP contribution >= 0.6 is 0 Å². The van der Waals surface area contributed by atoms with Gasteiger partial charge in [-0.3, -0.25) is 4.79 Å². The van der Waals surface area contributed by atoms with Gasteiger partial charge in [0.05, 0.1) is 0 Å². The molecule has 0 unspecified atom stereocenters. The van der Waals surface area contributed by atoms with Gasteiger partial charge in [-0.25, -0.2) is 4.98 Å². The van der Waals surface area contributed by atoms with Gasteiger partial charge in [0, 0.05) is 18.0 Å². The number of hydrogen-bond donors (Lipinski definition) is 2. The van der Waals surface area contributed by atoms with E-state index in [0.717, 1.165) is 42.5 Å². The molecule has 0 saturated heterocycles. The normalized spacial score (nSPS) is 21.8. The van der Waals surface area contributed by atoms with E-state index in [1.54, 1.807) is 0 Å². The van der Waals surface area contributed by atoms with E-state index in [1.165, 1.54) is 0 Å². The highest BCUT2D eigenvalue weighted by Gasteiger charge is 2.31. The van der Waals surface area contributed by atoms with Crippen molar-refractivity contribution in [1.82, 2.24) is 4.98 Å². The molecule has 1 fully saturated rings. The molecule has 0 spiro atoms. The fraction of sp³-hybridized carbons (Fsp3) is 0.500. The molecule has 1 aromatic heterocycles. The predicted molar refractivity (Wildman–Crippen MR) is 81.9 cm³/mol. The highest BCUT2D eigenvalue weighted by Crippen LogP contribution is 2.32. The zero-order valence-corrected chi connectivity index (χ0v) is 12.3. The summed E-state index contributed by atoms with van der Waals surface area (Å²) < 4.78 is 5.57. The van der Waals surface area contributed by atoms with Gasteiger partial charge >= 0.3 is 0 Å². The fourth-order valence-corrected chi connectivity index (χ4v) is 3.10. The van der Waals surface area contributed by atoms with Crippen molar-refractivity contribution in [2.75, 3.05) is 11.9 Å². The van der Waals surface area contributed by atoms with Crippen LogP contribution in [0.4, 0.5) is 5.69 Å². The van der Waals surface area contributed by atoms with Crippen molar-refractivity contribution in [3.63, 3.8) is 0 Å². The highest BCUT2D eigenvalue weighted by molar-refractivity contribution is 5.94. The molecule has 1 aliphatic rings. The van der Waals surface area contributed by atoms with Crippen LogP contribution in [-0.2, 0) is 11.2 Å². The summed E-state index contributed by atoms with van der Waals surface area (Å²) >= 11 is 0. The van der Waals surface area contributed by atoms with Gasteiger partial charge in [0.25, 0.3) is 0 Å². The number of hydrogen-bond acceptors (Lipinski definition) is 4. The Hall–Kier alpha value is -1.88. The van der Waals surface area contributed by atoms with Crippen LogP contribution in [0.1, 0.15) is 32.1 Å². The molecule has 2 atom stereocenters. The third-order valence-electron chi connectivity index (χ3n) is 4.30. The first kappa shape index (κ1) is 14.1. The number of nitrogens with zero attached hydrogens (tertiary/aromatic N) is 1. The summed E-state index contributed by atoms with van der Waals surface area (Å²) in [5, 5.41) is 2.99. The van der Waals surface area contributed by atoms with E-state index in [0.29, 0.717) is 18.4 Å². The van der Waals surface area contributed by atoms with Crippen LogP contribution in [0.2, 0.25) is 0 Å². The van der Waals surface area contributed by atoms with Crippen LogP contribution < -0.4 is 11.1 Å². The Kier molecular flexibility index (Phi) is 3.92. The Morgan fingerprint density at radius 2 is 2.33 bits per heavy atom. The van der Waals surface area contributed by atoms with Gasteiger partial charge in [0.2, 0.25) is 5.91 Å². The summed E-state index contributed by atoms with van der Waals surface area (Å²) in [6.45, 7) is 2.58. The number of aromatic nitrogens is 1. The Morgan fingerprint density at radius 1 is 1.48 bits per heavy atom. The number of oxazole rings is 1. The van der Waals surface area contributed by atoms with Gasteiger partial charge in [0.15, 0.2) is 11.5 Å². The lowest BCUT2D eigenvalue weighted by Crippen LogP contribution is -2.29. The van der Waals surface area contributed by atoms with Crippen molar-refractivity contribution < 1.29 is 9.21 Å². The molecule has 5 nitrogen and oxygen atoms in total. The molecular formula is C16H21N3O2. The average molecular weight is 287 g/mol. The Bertz CT molecular complexity index is 650. The lowest BCUT2D eigenvalue weighted by molar-refractivity contribution is -0.120. The quantitative estimate of drug-likeness (QED) is 0.906. The van der Waals surface area contributed by atoms with Crippen molar-refractivity contribution in [1.29, 1.82) is 0 Å². The number of aryl methyl sites for hydroxylation is 1. The molecule has 5 heteroatoms. The third kappa shape index (κ3) is 2.78. The van der Waals surface area contributed by atoms with Gasteiger partial charge in [-0.05, 0) is 43.5 Å². The number of nitrogens with two attached hydrogens (primary N) is 1. The van der Waals surface area contributed by atoms with Crippen LogP contribution in [-0.4, -0.2) is 17.4 Å². The van der Waals surface area contributed by atoms with E-state index in [4.69, 9.17) is 10.2 Å². The number of amides is 1. The van der Waals surface area contributed by atoms with Crippen LogP contribution in [0, 0.1) is 11.8 Å². The van der Waals surface area contributed by atoms with Crippen molar-refractivity contribution in [3.05, 3.63) is 24.1 Å². The molecule has 1 heterocycles. The van der Waals surface area contributed by atoms with E-state index in [-0.39, 0.29) is 11.8 Å². The zero-order valence-electron chi connectivity index (χ0n) is 12.3. The van der Waals surface area contributed by atoms with Gasteiger partial charge in [-0.2, -0.15) is 0 Å². The summed E-state index contributed by atoms with van der Waals surface area (Å²) in [5.74, 6) is 1.13. The van der Waals surface area contributed by atoms with E-state index in [1.807, 2.05) is 25.1 Å². The van der Waals surface area contributed by atoms with Crippen molar-refractivity contribution >= 4 is 22.7 Å². The number of carbonyl (C=O) groups is 1. The molecule has 2 aromatic rings. The number of benzene rings is 1. The van der Waals surface area contributed by atoms with E-state index in [2.05, 4.69) is 10.3 Å². The van der Waals surface area contributed by atoms with Crippen molar-refractivity contribution in [2.45, 2.75) is 32.6 Å². The molecule has 0 bridgehead atoms. The molecule has 1 saturated carbocycles. The molecule has 1 aromatic carbocycles. The number of anilines is 1. The molecular weight excluding hydrogens is 266 g/mol. The number of fused-ring (bicyclic) bond motifs is 1. The van der Waals surface area contributed by atoms with Crippen LogP contribution in [0.25, 0.3) is 11.1 Å². The molecule has 0 aliphatic heterocycles. The molecule has 112 valence electrons. The second kappa shape index (κ2) is 5.85. The first-order valence-electron chi connectivity index (χ1n) is 7.61. The Labute approximate surface area is 123 Å². The lowest BCUT2D eigenvalue weighted by atomic mass is 9.95. The standard InChI is InChI=1S/C16H21N3O2/c1-2-15-19-13-8-11(6-7-14(13)21-15)18-16(20)12-5-3-4-10(12)9-17/h6-8,10,12H,2-5,9,17H2,1H3,(H,18,20)/t10-,12-/m1/s1. The molecule has 0 radical (unpaired) electrons. The second-order valence-electron chi connectivity index (χ2n) is 5.67. The van der Waals surface area contributed by atoms with Crippen LogP contribution in [0.5, 0.6) is 0 Å². The van der Waals surface area contributed by atoms with Crippen molar-refractivity contribution in [3.8, 4) is 0 Å². The molecule has 1 amide bonds. The topological polar surface area (TPSA) is 81.2 Å². The minimum atomic E-state index is 0.0363. The van der Waals surface area contributed by atoms with Crippen LogP contribution in [0.15, 0.2) is 22.6 Å².